The van der Waals surface area contributed by atoms with E-state index >= 15 is 0 Å². The number of hydrogen-bond donors (Lipinski definition) is 4. The third-order valence-electron chi connectivity index (χ3n) is 1.61. The zero-order valence-corrected chi connectivity index (χ0v) is 13.2. The molecular formula is C12H26N6O4. The molecule has 0 fully saturated rings. The summed E-state index contributed by atoms with van der Waals surface area (Å²) in [7, 11) is 1.27. The van der Waals surface area contributed by atoms with E-state index in [-0.39, 0.29) is 6.10 Å². The van der Waals surface area contributed by atoms with Gasteiger partial charge in [-0.3, -0.25) is 0 Å². The van der Waals surface area contributed by atoms with Crippen molar-refractivity contribution in [3.8, 4) is 0 Å². The molecule has 2 amide bonds. The van der Waals surface area contributed by atoms with E-state index in [1.807, 2.05) is 0 Å². The molecule has 0 unspecified atom stereocenters. The molecule has 0 radical (unpaired) electrons. The van der Waals surface area contributed by atoms with Crippen LogP contribution >= 0.6 is 0 Å². The molecule has 0 heterocycles. The number of rotatable bonds is 7. The first-order valence-electron chi connectivity index (χ1n) is 6.71. The first kappa shape index (κ1) is 22.1. The number of carbonyl (C=O) groups excluding carboxylic acids is 2. The van der Waals surface area contributed by atoms with Crippen molar-refractivity contribution < 1.29 is 19.1 Å². The number of nitrogens with two attached hydrogens (primary N) is 2. The number of hydrazone groups is 2. The van der Waals surface area contributed by atoms with Crippen LogP contribution in [0.5, 0.6) is 0 Å². The molecule has 0 aliphatic carbocycles. The van der Waals surface area contributed by atoms with Crippen LogP contribution in [-0.2, 0) is 9.47 Å². The fourth-order valence-electron chi connectivity index (χ4n) is 0.761. The van der Waals surface area contributed by atoms with Gasteiger partial charge in [0.05, 0.1) is 13.2 Å². The number of methoxy groups -OCH3 is 1. The Morgan fingerprint density at radius 1 is 1.05 bits per heavy atom. The van der Waals surface area contributed by atoms with Crippen molar-refractivity contribution in [1.82, 2.24) is 10.9 Å². The lowest BCUT2D eigenvalue weighted by Crippen LogP contribution is -2.22. The normalized spacial score (nSPS) is 10.3. The summed E-state index contributed by atoms with van der Waals surface area (Å²) in [6.07, 6.45) is 3.08. The quantitative estimate of drug-likeness (QED) is 0.386. The van der Waals surface area contributed by atoms with Crippen LogP contribution in [0.15, 0.2) is 10.2 Å². The minimum Gasteiger partial charge on any atom is -0.452 e. The Kier molecular flexibility index (Phi) is 16.9. The maximum absolute atomic E-state index is 10.7. The molecule has 0 aromatic carbocycles. The van der Waals surface area contributed by atoms with E-state index in [1.165, 1.54) is 19.5 Å². The smallest absolute Gasteiger partial charge is 0.427 e. The van der Waals surface area contributed by atoms with Gasteiger partial charge in [0, 0.05) is 12.4 Å². The van der Waals surface area contributed by atoms with Gasteiger partial charge in [0.25, 0.3) is 0 Å². The number of carbonyl (C=O) groups is 2. The van der Waals surface area contributed by atoms with Crippen molar-refractivity contribution in [2.45, 2.75) is 32.8 Å². The summed E-state index contributed by atoms with van der Waals surface area (Å²) in [5.74, 6) is 0. The van der Waals surface area contributed by atoms with Gasteiger partial charge in [0.15, 0.2) is 0 Å². The lowest BCUT2D eigenvalue weighted by atomic mass is 10.5. The second kappa shape index (κ2) is 16.9. The summed E-state index contributed by atoms with van der Waals surface area (Å²) in [5.41, 5.74) is 14.7. The number of amides is 2. The van der Waals surface area contributed by atoms with E-state index in [2.05, 4.69) is 25.8 Å². The Labute approximate surface area is 130 Å². The highest BCUT2D eigenvalue weighted by Crippen LogP contribution is 1.87. The summed E-state index contributed by atoms with van der Waals surface area (Å²) < 4.78 is 8.97. The minimum atomic E-state index is -0.576. The third-order valence-corrected chi connectivity index (χ3v) is 1.61. The molecule has 0 saturated carbocycles. The number of hydrogen-bond acceptors (Lipinski definition) is 8. The van der Waals surface area contributed by atoms with E-state index in [1.54, 1.807) is 13.8 Å². The molecule has 22 heavy (non-hydrogen) atoms. The molecule has 128 valence electrons. The highest BCUT2D eigenvalue weighted by molar-refractivity contribution is 5.69. The summed E-state index contributed by atoms with van der Waals surface area (Å²) in [6.45, 7) is 4.57. The van der Waals surface area contributed by atoms with Gasteiger partial charge >= 0.3 is 12.2 Å². The monoisotopic (exact) mass is 318 g/mol. The maximum atomic E-state index is 10.7. The highest BCUT2D eigenvalue weighted by atomic mass is 16.6. The first-order valence-corrected chi connectivity index (χ1v) is 6.71. The third kappa shape index (κ3) is 20.1. The number of ether oxygens (including phenoxy) is 2. The summed E-state index contributed by atoms with van der Waals surface area (Å²) in [5, 5.41) is 7.09. The average molecular weight is 318 g/mol. The van der Waals surface area contributed by atoms with Crippen molar-refractivity contribution in [3.63, 3.8) is 0 Å². The SMILES string of the molecule is CC(C)OC(=O)N/N=C/CCN.COC(=O)N/N=C/CCN. The second-order valence-corrected chi connectivity index (χ2v) is 3.95. The van der Waals surface area contributed by atoms with Gasteiger partial charge in [-0.05, 0) is 39.8 Å². The van der Waals surface area contributed by atoms with Gasteiger partial charge in [-0.15, -0.1) is 0 Å². The molecule has 6 N–H and O–H groups in total. The lowest BCUT2D eigenvalue weighted by molar-refractivity contribution is 0.116. The average Bonchev–Trinajstić information content (AvgIpc) is 2.48. The maximum Gasteiger partial charge on any atom is 0.427 e. The molecule has 0 aromatic rings. The van der Waals surface area contributed by atoms with Gasteiger partial charge in [0.2, 0.25) is 0 Å². The predicted molar refractivity (Wildman–Crippen MR) is 84.6 cm³/mol. The largest absolute Gasteiger partial charge is 0.452 e. The predicted octanol–water partition coefficient (Wildman–Crippen LogP) is 0.133. The molecule has 0 bridgehead atoms. The van der Waals surface area contributed by atoms with Crippen LogP contribution in [-0.4, -0.2) is 50.9 Å². The molecule has 10 nitrogen and oxygen atoms in total. The Balaban J connectivity index is 0. The fraction of sp³-hybridized carbons (Fsp3) is 0.667. The summed E-state index contributed by atoms with van der Waals surface area (Å²) in [6, 6.07) is 0. The zero-order chi connectivity index (χ0) is 17.2. The summed E-state index contributed by atoms with van der Waals surface area (Å²) >= 11 is 0. The van der Waals surface area contributed by atoms with Crippen LogP contribution in [0.3, 0.4) is 0 Å². The van der Waals surface area contributed by atoms with Gasteiger partial charge in [-0.1, -0.05) is 0 Å². The number of nitrogens with one attached hydrogen (secondary N) is 2. The van der Waals surface area contributed by atoms with E-state index in [4.69, 9.17) is 16.2 Å². The van der Waals surface area contributed by atoms with E-state index in [0.717, 1.165) is 0 Å². The molecular weight excluding hydrogens is 292 g/mol. The van der Waals surface area contributed by atoms with Gasteiger partial charge in [-0.2, -0.15) is 10.2 Å². The standard InChI is InChI=1S/C7H15N3O2.C5H11N3O2/c1-6(2)12-7(11)10-9-5-3-4-8;1-10-5(9)8-7-4-2-3-6/h5-6H,3-4,8H2,1-2H3,(H,10,11);4H,2-3,6H2,1H3,(H,8,9)/b9-5+;7-4+. The topological polar surface area (TPSA) is 153 Å². The van der Waals surface area contributed by atoms with E-state index in [0.29, 0.717) is 25.9 Å². The minimum absolute atomic E-state index is 0.130. The van der Waals surface area contributed by atoms with Gasteiger partial charge < -0.3 is 20.9 Å². The van der Waals surface area contributed by atoms with Crippen LogP contribution in [0.25, 0.3) is 0 Å². The van der Waals surface area contributed by atoms with E-state index < -0.39 is 12.2 Å². The molecule has 0 aliphatic rings. The highest BCUT2D eigenvalue weighted by Gasteiger charge is 2.00. The van der Waals surface area contributed by atoms with Crippen molar-refractivity contribution >= 4 is 24.6 Å². The van der Waals surface area contributed by atoms with Crippen LogP contribution in [0.2, 0.25) is 0 Å². The molecule has 0 aliphatic heterocycles. The van der Waals surface area contributed by atoms with Crippen LogP contribution in [0.4, 0.5) is 9.59 Å². The van der Waals surface area contributed by atoms with Crippen molar-refractivity contribution in [1.29, 1.82) is 0 Å². The number of nitrogens with zero attached hydrogens (tertiary/aromatic N) is 2. The lowest BCUT2D eigenvalue weighted by Gasteiger charge is -2.05. The Hall–Kier alpha value is -2.20. The van der Waals surface area contributed by atoms with Crippen molar-refractivity contribution in [2.24, 2.45) is 21.7 Å². The zero-order valence-electron chi connectivity index (χ0n) is 13.2. The van der Waals surface area contributed by atoms with Crippen LogP contribution in [0, 0.1) is 0 Å². The molecule has 0 aromatic heterocycles. The Bertz CT molecular complexity index is 347. The Morgan fingerprint density at radius 2 is 1.50 bits per heavy atom. The Morgan fingerprint density at radius 3 is 1.86 bits per heavy atom. The van der Waals surface area contributed by atoms with Gasteiger partial charge in [0.1, 0.15) is 0 Å². The van der Waals surface area contributed by atoms with Crippen LogP contribution < -0.4 is 22.3 Å². The molecule has 0 saturated heterocycles. The van der Waals surface area contributed by atoms with Gasteiger partial charge in [-0.25, -0.2) is 20.4 Å². The summed E-state index contributed by atoms with van der Waals surface area (Å²) in [4.78, 5) is 21.0. The molecule has 10 heteroatoms. The van der Waals surface area contributed by atoms with Crippen molar-refractivity contribution in [3.05, 3.63) is 0 Å². The van der Waals surface area contributed by atoms with Crippen LogP contribution in [0.1, 0.15) is 26.7 Å². The second-order valence-electron chi connectivity index (χ2n) is 3.95. The molecule has 0 rings (SSSR count). The van der Waals surface area contributed by atoms with E-state index in [9.17, 15) is 9.59 Å². The van der Waals surface area contributed by atoms with Crippen molar-refractivity contribution in [2.75, 3.05) is 20.2 Å². The fourth-order valence-corrected chi connectivity index (χ4v) is 0.761. The molecule has 0 spiro atoms. The first-order chi connectivity index (χ1) is 10.5. The molecule has 0 atom stereocenters.